The van der Waals surface area contributed by atoms with Crippen molar-refractivity contribution in [2.45, 2.75) is 12.8 Å². The molecule has 34 valence electrons. The third-order valence-electron chi connectivity index (χ3n) is 1.40. The SMILES string of the molecule is [B][N+]1([B])CCCC1. The first kappa shape index (κ1) is 5.23. The van der Waals surface area contributed by atoms with Crippen LogP contribution in [0.4, 0.5) is 0 Å². The summed E-state index contributed by atoms with van der Waals surface area (Å²) in [7, 11) is 11.0. The molecule has 0 aromatic carbocycles. The summed E-state index contributed by atoms with van der Waals surface area (Å²) in [6.45, 7) is 1.89. The Morgan fingerprint density at radius 3 is 1.57 bits per heavy atom. The highest BCUT2D eigenvalue weighted by Crippen LogP contribution is 2.09. The average molecular weight is 91.7 g/mol. The largest absolute Gasteiger partial charge is 0.473 e. The lowest BCUT2D eigenvalue weighted by Crippen LogP contribution is -2.39. The molecule has 1 fully saturated rings. The maximum Gasteiger partial charge on any atom is 0.456 e. The van der Waals surface area contributed by atoms with Crippen LogP contribution in [0.2, 0.25) is 0 Å². The smallest absolute Gasteiger partial charge is 0.456 e. The molecule has 0 aromatic rings. The summed E-state index contributed by atoms with van der Waals surface area (Å²) in [5.74, 6) is 0. The van der Waals surface area contributed by atoms with Crippen LogP contribution in [0.3, 0.4) is 0 Å². The van der Waals surface area contributed by atoms with Crippen LogP contribution in [-0.2, 0) is 0 Å². The van der Waals surface area contributed by atoms with Gasteiger partial charge in [-0.2, -0.15) is 0 Å². The fourth-order valence-corrected chi connectivity index (χ4v) is 0.924. The van der Waals surface area contributed by atoms with Crippen LogP contribution in [0.1, 0.15) is 12.8 Å². The van der Waals surface area contributed by atoms with E-state index in [0.29, 0.717) is 0 Å². The fraction of sp³-hybridized carbons (Fsp3) is 1.00. The van der Waals surface area contributed by atoms with Crippen LogP contribution < -0.4 is 0 Å². The Balaban J connectivity index is 2.40. The number of hydrogen-bond acceptors (Lipinski definition) is 0. The van der Waals surface area contributed by atoms with Crippen LogP contribution >= 0.6 is 0 Å². The topological polar surface area (TPSA) is 0 Å². The fourth-order valence-electron chi connectivity index (χ4n) is 0.924. The third-order valence-corrected chi connectivity index (χ3v) is 1.40. The van der Waals surface area contributed by atoms with Gasteiger partial charge >= 0.3 is 16.0 Å². The van der Waals surface area contributed by atoms with Crippen LogP contribution in [0.15, 0.2) is 0 Å². The van der Waals surface area contributed by atoms with Gasteiger partial charge < -0.3 is 4.31 Å². The zero-order valence-electron chi connectivity index (χ0n) is 4.43. The summed E-state index contributed by atoms with van der Waals surface area (Å²) in [6.07, 6.45) is 2.38. The number of hydrogen-bond donors (Lipinski definition) is 0. The molecule has 0 saturated carbocycles. The van der Waals surface area contributed by atoms with Crippen molar-refractivity contribution >= 4 is 16.0 Å². The number of nitrogens with zero attached hydrogens (tertiary/aromatic N) is 1. The predicted molar refractivity (Wildman–Crippen MR) is 30.7 cm³/mol. The Labute approximate surface area is 47.1 Å². The van der Waals surface area contributed by atoms with E-state index >= 15 is 0 Å². The van der Waals surface area contributed by atoms with Gasteiger partial charge in [-0.3, -0.25) is 0 Å². The van der Waals surface area contributed by atoms with Gasteiger partial charge in [-0.05, 0) is 12.8 Å². The molecule has 0 N–H and O–H groups in total. The lowest BCUT2D eigenvalue weighted by atomic mass is 10.1. The van der Waals surface area contributed by atoms with Gasteiger partial charge in [0.05, 0.1) is 0 Å². The van der Waals surface area contributed by atoms with Crippen LogP contribution in [0.5, 0.6) is 0 Å². The maximum atomic E-state index is 5.49. The quantitative estimate of drug-likeness (QED) is 0.361. The van der Waals surface area contributed by atoms with Crippen molar-refractivity contribution in [3.05, 3.63) is 0 Å². The Kier molecular flexibility index (Phi) is 1.16. The monoisotopic (exact) mass is 92.1 g/mol. The van der Waals surface area contributed by atoms with E-state index in [-0.39, 0.29) is 4.31 Å². The zero-order valence-corrected chi connectivity index (χ0v) is 4.43. The summed E-state index contributed by atoms with van der Waals surface area (Å²) < 4.78 is 0.250. The standard InChI is InChI=1S/C4H8B2N/c5-7(6)3-1-2-4-7/h1-4H2/q+1. The molecule has 7 heavy (non-hydrogen) atoms. The molecular formula is C4H8B2N+. The molecule has 0 bridgehead atoms. The van der Waals surface area contributed by atoms with E-state index in [2.05, 4.69) is 0 Å². The lowest BCUT2D eigenvalue weighted by Gasteiger charge is -2.23. The van der Waals surface area contributed by atoms with E-state index < -0.39 is 0 Å². The Bertz CT molecular complexity index is 64.1. The molecule has 0 spiro atoms. The van der Waals surface area contributed by atoms with Crippen molar-refractivity contribution in [2.75, 3.05) is 13.1 Å². The van der Waals surface area contributed by atoms with E-state index in [4.69, 9.17) is 16.0 Å². The van der Waals surface area contributed by atoms with E-state index in [9.17, 15) is 0 Å². The highest BCUT2D eigenvalue weighted by molar-refractivity contribution is 6.14. The zero-order chi connectivity index (χ0) is 5.33. The van der Waals surface area contributed by atoms with Gasteiger partial charge in [0, 0.05) is 13.1 Å². The molecule has 3 heteroatoms. The van der Waals surface area contributed by atoms with Gasteiger partial charge in [-0.1, -0.05) is 0 Å². The molecule has 0 unspecified atom stereocenters. The number of quaternary nitrogens is 1. The van der Waals surface area contributed by atoms with Gasteiger partial charge in [0.2, 0.25) is 0 Å². The van der Waals surface area contributed by atoms with Crippen LogP contribution in [-0.4, -0.2) is 33.4 Å². The lowest BCUT2D eigenvalue weighted by molar-refractivity contribution is -0.677. The summed E-state index contributed by atoms with van der Waals surface area (Å²) in [4.78, 5) is 0. The second-order valence-electron chi connectivity index (χ2n) is 2.26. The van der Waals surface area contributed by atoms with Gasteiger partial charge in [0.25, 0.3) is 0 Å². The van der Waals surface area contributed by atoms with Crippen molar-refractivity contribution in [1.82, 2.24) is 0 Å². The average Bonchev–Trinajstić information content (AvgIpc) is 1.84. The molecular weight excluding hydrogens is 83.7 g/mol. The predicted octanol–water partition coefficient (Wildman–Crippen LogP) is -0.236. The first-order valence-corrected chi connectivity index (χ1v) is 2.65. The molecule has 1 rings (SSSR count). The van der Waals surface area contributed by atoms with Crippen molar-refractivity contribution in [2.24, 2.45) is 0 Å². The minimum atomic E-state index is 0.250. The summed E-state index contributed by atoms with van der Waals surface area (Å²) in [5.41, 5.74) is 0. The van der Waals surface area contributed by atoms with Crippen molar-refractivity contribution < 1.29 is 4.31 Å². The van der Waals surface area contributed by atoms with Gasteiger partial charge in [0.15, 0.2) is 0 Å². The summed E-state index contributed by atoms with van der Waals surface area (Å²) in [6, 6.07) is 0. The minimum Gasteiger partial charge on any atom is -0.473 e. The maximum absolute atomic E-state index is 5.49. The van der Waals surface area contributed by atoms with Gasteiger partial charge in [-0.15, -0.1) is 0 Å². The van der Waals surface area contributed by atoms with E-state index in [0.717, 1.165) is 13.1 Å². The van der Waals surface area contributed by atoms with Gasteiger partial charge in [0.1, 0.15) is 0 Å². The van der Waals surface area contributed by atoms with Crippen molar-refractivity contribution in [1.29, 1.82) is 0 Å². The molecule has 0 aromatic heterocycles. The molecule has 0 amide bonds. The van der Waals surface area contributed by atoms with E-state index in [1.54, 1.807) is 0 Å². The van der Waals surface area contributed by atoms with Crippen LogP contribution in [0, 0.1) is 0 Å². The van der Waals surface area contributed by atoms with Gasteiger partial charge in [-0.25, -0.2) is 0 Å². The third kappa shape index (κ3) is 1.23. The van der Waals surface area contributed by atoms with Crippen molar-refractivity contribution in [3.63, 3.8) is 0 Å². The second kappa shape index (κ2) is 1.55. The highest BCUT2D eigenvalue weighted by atomic mass is 15.2. The summed E-state index contributed by atoms with van der Waals surface area (Å²) >= 11 is 0. The molecule has 1 saturated heterocycles. The number of rotatable bonds is 0. The van der Waals surface area contributed by atoms with E-state index in [1.165, 1.54) is 12.8 Å². The Morgan fingerprint density at radius 1 is 1.00 bits per heavy atom. The molecule has 0 atom stereocenters. The molecule has 1 heterocycles. The summed E-state index contributed by atoms with van der Waals surface area (Å²) in [5, 5.41) is 0. The Hall–Kier alpha value is 0.0899. The molecule has 0 aliphatic carbocycles. The van der Waals surface area contributed by atoms with Crippen molar-refractivity contribution in [3.8, 4) is 0 Å². The molecule has 1 aliphatic rings. The molecule has 1 aliphatic heterocycles. The second-order valence-corrected chi connectivity index (χ2v) is 2.26. The first-order valence-electron chi connectivity index (χ1n) is 2.65. The normalized spacial score (nSPS) is 28.0. The molecule has 1 nitrogen and oxygen atoms in total. The minimum absolute atomic E-state index is 0.250. The highest BCUT2D eigenvalue weighted by Gasteiger charge is 2.20. The Morgan fingerprint density at radius 2 is 1.43 bits per heavy atom. The van der Waals surface area contributed by atoms with E-state index in [1.807, 2.05) is 0 Å². The first-order chi connectivity index (χ1) is 3.21. The molecule has 4 radical (unpaired) electrons. The van der Waals surface area contributed by atoms with Crippen LogP contribution in [0.25, 0.3) is 0 Å².